The Bertz CT molecular complexity index is 1270. The van der Waals surface area contributed by atoms with E-state index in [1.807, 2.05) is 0 Å². The molecule has 0 fully saturated rings. The van der Waals surface area contributed by atoms with Crippen LogP contribution >= 0.6 is 11.6 Å². The quantitative estimate of drug-likeness (QED) is 0.486. The van der Waals surface area contributed by atoms with Crippen molar-refractivity contribution in [1.82, 2.24) is 0 Å². The van der Waals surface area contributed by atoms with Gasteiger partial charge in [0.2, 0.25) is 0 Å². The summed E-state index contributed by atoms with van der Waals surface area (Å²) in [5.41, 5.74) is 1.25. The van der Waals surface area contributed by atoms with Crippen LogP contribution in [0, 0.1) is 5.82 Å². The molecule has 3 aromatic carbocycles. The van der Waals surface area contributed by atoms with Gasteiger partial charge in [0.05, 0.1) is 10.6 Å². The number of nitrogens with one attached hydrogen (secondary N) is 1. The molecular weight excluding hydrogens is 425 g/mol. The number of hydrogen-bond donors (Lipinski definition) is 1. The fraction of sp³-hybridized carbons (Fsp3) is 0.0435. The molecular formula is C23H13ClFNO5. The summed E-state index contributed by atoms with van der Waals surface area (Å²) in [5.74, 6) is -2.75. The van der Waals surface area contributed by atoms with Crippen molar-refractivity contribution in [3.63, 3.8) is 0 Å². The highest BCUT2D eigenvalue weighted by molar-refractivity contribution is 6.33. The zero-order valence-electron chi connectivity index (χ0n) is 15.8. The molecule has 0 heterocycles. The van der Waals surface area contributed by atoms with Gasteiger partial charge in [0.25, 0.3) is 5.91 Å². The summed E-state index contributed by atoms with van der Waals surface area (Å²) < 4.78 is 18.0. The highest BCUT2D eigenvalue weighted by Crippen LogP contribution is 2.29. The zero-order chi connectivity index (χ0) is 22.1. The molecule has 0 atom stereocenters. The fourth-order valence-corrected chi connectivity index (χ4v) is 3.48. The molecule has 1 aliphatic carbocycles. The first-order valence-corrected chi connectivity index (χ1v) is 9.47. The van der Waals surface area contributed by atoms with E-state index in [4.69, 9.17) is 16.3 Å². The van der Waals surface area contributed by atoms with Crippen LogP contribution in [-0.2, 0) is 9.53 Å². The molecule has 0 radical (unpaired) electrons. The molecule has 0 aromatic heterocycles. The van der Waals surface area contributed by atoms with Crippen molar-refractivity contribution < 1.29 is 28.3 Å². The van der Waals surface area contributed by atoms with Crippen molar-refractivity contribution in [1.29, 1.82) is 0 Å². The molecule has 0 saturated heterocycles. The van der Waals surface area contributed by atoms with E-state index in [0.29, 0.717) is 11.1 Å². The van der Waals surface area contributed by atoms with Gasteiger partial charge in [-0.2, -0.15) is 0 Å². The summed E-state index contributed by atoms with van der Waals surface area (Å²) >= 11 is 5.80. The number of hydrogen-bond acceptors (Lipinski definition) is 5. The molecule has 31 heavy (non-hydrogen) atoms. The maximum atomic E-state index is 13.1. The van der Waals surface area contributed by atoms with Crippen molar-refractivity contribution >= 4 is 40.7 Å². The lowest BCUT2D eigenvalue weighted by atomic mass is 9.84. The van der Waals surface area contributed by atoms with Crippen LogP contribution in [0.4, 0.5) is 10.1 Å². The molecule has 1 N–H and O–H groups in total. The first-order valence-electron chi connectivity index (χ1n) is 9.09. The summed E-state index contributed by atoms with van der Waals surface area (Å²) in [5, 5.41) is 2.37. The van der Waals surface area contributed by atoms with Gasteiger partial charge in [-0.05, 0) is 36.4 Å². The van der Waals surface area contributed by atoms with E-state index in [1.54, 1.807) is 24.3 Å². The maximum absolute atomic E-state index is 13.1. The Morgan fingerprint density at radius 1 is 0.871 bits per heavy atom. The minimum Gasteiger partial charge on any atom is -0.452 e. The van der Waals surface area contributed by atoms with Crippen LogP contribution in [-0.4, -0.2) is 30.0 Å². The Kier molecular flexibility index (Phi) is 5.35. The van der Waals surface area contributed by atoms with Gasteiger partial charge >= 0.3 is 5.97 Å². The second-order valence-electron chi connectivity index (χ2n) is 6.71. The molecule has 6 nitrogen and oxygen atoms in total. The van der Waals surface area contributed by atoms with Gasteiger partial charge in [-0.1, -0.05) is 35.9 Å². The molecule has 8 heteroatoms. The largest absolute Gasteiger partial charge is 0.452 e. The van der Waals surface area contributed by atoms with Crippen molar-refractivity contribution in [2.45, 2.75) is 0 Å². The van der Waals surface area contributed by atoms with E-state index in [1.165, 1.54) is 18.2 Å². The summed E-state index contributed by atoms with van der Waals surface area (Å²) in [4.78, 5) is 49.6. The molecule has 1 amide bonds. The number of fused-ring (bicyclic) bond motifs is 2. The van der Waals surface area contributed by atoms with E-state index < -0.39 is 24.3 Å². The number of ketones is 2. The van der Waals surface area contributed by atoms with Crippen molar-refractivity contribution in [3.8, 4) is 0 Å². The number of carbonyl (C=O) groups is 4. The van der Waals surface area contributed by atoms with Gasteiger partial charge < -0.3 is 10.1 Å². The first-order chi connectivity index (χ1) is 14.8. The highest BCUT2D eigenvalue weighted by Gasteiger charge is 2.29. The number of benzene rings is 3. The summed E-state index contributed by atoms with van der Waals surface area (Å²) in [7, 11) is 0. The summed E-state index contributed by atoms with van der Waals surface area (Å²) in [6.07, 6.45) is 0. The fourth-order valence-electron chi connectivity index (χ4n) is 3.24. The minimum atomic E-state index is -0.886. The lowest BCUT2D eigenvalue weighted by molar-refractivity contribution is -0.119. The van der Waals surface area contributed by atoms with Gasteiger partial charge in [0, 0.05) is 27.9 Å². The molecule has 154 valence electrons. The third kappa shape index (κ3) is 3.95. The topological polar surface area (TPSA) is 89.5 Å². The molecule has 0 spiro atoms. The summed E-state index contributed by atoms with van der Waals surface area (Å²) in [6.45, 7) is -0.626. The molecule has 0 saturated carbocycles. The predicted octanol–water partition coefficient (Wildman–Crippen LogP) is 4.05. The third-order valence-electron chi connectivity index (χ3n) is 4.69. The summed E-state index contributed by atoms with van der Waals surface area (Å²) in [6, 6.07) is 14.0. The number of amides is 1. The van der Waals surface area contributed by atoms with Gasteiger partial charge in [0.15, 0.2) is 18.2 Å². The van der Waals surface area contributed by atoms with Crippen LogP contribution in [0.25, 0.3) is 0 Å². The Balaban J connectivity index is 1.45. The van der Waals surface area contributed by atoms with Gasteiger partial charge in [-0.3, -0.25) is 14.4 Å². The van der Waals surface area contributed by atoms with Gasteiger partial charge in [-0.15, -0.1) is 0 Å². The van der Waals surface area contributed by atoms with E-state index in [-0.39, 0.29) is 39.0 Å². The monoisotopic (exact) mass is 437 g/mol. The van der Waals surface area contributed by atoms with Crippen molar-refractivity contribution in [3.05, 3.63) is 99.3 Å². The number of anilines is 1. The SMILES string of the molecule is O=C(COC(=O)c1ccc(F)cc1Cl)Nc1ccc2c(c1)C(=O)c1ccccc1C2=O. The van der Waals surface area contributed by atoms with Crippen molar-refractivity contribution in [2.24, 2.45) is 0 Å². The first kappa shape index (κ1) is 20.4. The van der Waals surface area contributed by atoms with Gasteiger partial charge in [-0.25, -0.2) is 9.18 Å². The van der Waals surface area contributed by atoms with Crippen LogP contribution < -0.4 is 5.32 Å². The van der Waals surface area contributed by atoms with E-state index >= 15 is 0 Å². The van der Waals surface area contributed by atoms with E-state index in [0.717, 1.165) is 18.2 Å². The van der Waals surface area contributed by atoms with Crippen LogP contribution in [0.2, 0.25) is 5.02 Å². The number of carbonyl (C=O) groups excluding carboxylic acids is 4. The molecule has 0 unspecified atom stereocenters. The number of ether oxygens (including phenoxy) is 1. The highest BCUT2D eigenvalue weighted by atomic mass is 35.5. The molecule has 3 aromatic rings. The third-order valence-corrected chi connectivity index (χ3v) is 5.01. The van der Waals surface area contributed by atoms with E-state index in [2.05, 4.69) is 5.32 Å². The number of rotatable bonds is 4. The maximum Gasteiger partial charge on any atom is 0.340 e. The van der Waals surface area contributed by atoms with Crippen LogP contribution in [0.1, 0.15) is 42.2 Å². The minimum absolute atomic E-state index is 0.0765. The normalized spacial score (nSPS) is 12.1. The molecule has 0 bridgehead atoms. The second kappa shape index (κ2) is 8.12. The predicted molar refractivity (Wildman–Crippen MR) is 110 cm³/mol. The van der Waals surface area contributed by atoms with Crippen LogP contribution in [0.3, 0.4) is 0 Å². The average molecular weight is 438 g/mol. The van der Waals surface area contributed by atoms with Crippen LogP contribution in [0.15, 0.2) is 60.7 Å². The Morgan fingerprint density at radius 2 is 1.52 bits per heavy atom. The van der Waals surface area contributed by atoms with Gasteiger partial charge in [0.1, 0.15) is 5.82 Å². The number of esters is 1. The average Bonchev–Trinajstić information content (AvgIpc) is 2.76. The van der Waals surface area contributed by atoms with Crippen LogP contribution in [0.5, 0.6) is 0 Å². The second-order valence-corrected chi connectivity index (χ2v) is 7.12. The Hall–Kier alpha value is -3.84. The number of halogens is 2. The lowest BCUT2D eigenvalue weighted by Gasteiger charge is -2.18. The standard InChI is InChI=1S/C23H13ClFNO5/c24-19-9-12(25)5-7-17(19)23(30)31-11-20(27)26-13-6-8-16-18(10-13)22(29)15-4-2-1-3-14(15)21(16)28/h1-10H,11H2,(H,26,27). The Labute approximate surface area is 180 Å². The van der Waals surface area contributed by atoms with E-state index in [9.17, 15) is 23.6 Å². The molecule has 4 rings (SSSR count). The van der Waals surface area contributed by atoms with Crippen molar-refractivity contribution in [2.75, 3.05) is 11.9 Å². The smallest absolute Gasteiger partial charge is 0.340 e. The zero-order valence-corrected chi connectivity index (χ0v) is 16.5. The molecule has 0 aliphatic heterocycles. The molecule has 1 aliphatic rings. The lowest BCUT2D eigenvalue weighted by Crippen LogP contribution is -2.23. The Morgan fingerprint density at radius 3 is 2.19 bits per heavy atom.